The summed E-state index contributed by atoms with van der Waals surface area (Å²) in [5.74, 6) is 0.731. The van der Waals surface area contributed by atoms with E-state index in [1.807, 2.05) is 66.7 Å². The van der Waals surface area contributed by atoms with E-state index in [0.29, 0.717) is 23.4 Å². The lowest BCUT2D eigenvalue weighted by molar-refractivity contribution is 0.0994. The van der Waals surface area contributed by atoms with Crippen LogP contribution in [0.5, 0.6) is 17.4 Å². The average molecular weight is 488 g/mol. The Bertz CT molecular complexity index is 1280. The topological polar surface area (TPSA) is 127 Å². The molecule has 8 heteroatoms. The van der Waals surface area contributed by atoms with E-state index in [-0.39, 0.29) is 37.2 Å². The first kappa shape index (κ1) is 25.1. The van der Waals surface area contributed by atoms with Crippen molar-refractivity contribution in [1.82, 2.24) is 10.3 Å². The van der Waals surface area contributed by atoms with Gasteiger partial charge in [0, 0.05) is 18.0 Å². The van der Waals surface area contributed by atoms with Crippen molar-refractivity contribution in [3.63, 3.8) is 0 Å². The third-order valence-electron chi connectivity index (χ3n) is 5.62. The van der Waals surface area contributed by atoms with Crippen molar-refractivity contribution in [2.24, 2.45) is 5.73 Å². The van der Waals surface area contributed by atoms with Crippen LogP contribution >= 0.6 is 0 Å². The van der Waals surface area contributed by atoms with Gasteiger partial charge in [-0.1, -0.05) is 48.5 Å². The highest BCUT2D eigenvalue weighted by molar-refractivity contribution is 5.98. The smallest absolute Gasteiger partial charge is 0.254 e. The van der Waals surface area contributed by atoms with Gasteiger partial charge in [-0.15, -0.1) is 0 Å². The summed E-state index contributed by atoms with van der Waals surface area (Å²) in [6.07, 6.45) is -0.173. The first-order valence-corrected chi connectivity index (χ1v) is 11.7. The highest BCUT2D eigenvalue weighted by atomic mass is 16.5. The van der Waals surface area contributed by atoms with Crippen LogP contribution in [0.4, 0.5) is 0 Å². The second-order valence-electron chi connectivity index (χ2n) is 8.41. The zero-order valence-electron chi connectivity index (χ0n) is 19.7. The molecular formula is C28H29N3O5. The molecule has 0 bridgehead atoms. The number of aliphatic hydroxyl groups excluding tert-OH is 2. The number of fused-ring (bicyclic) bond motifs is 1. The van der Waals surface area contributed by atoms with Crippen LogP contribution < -0.4 is 20.5 Å². The van der Waals surface area contributed by atoms with E-state index in [1.165, 1.54) is 0 Å². The number of nitrogens with two attached hydrogens (primary N) is 1. The Balaban J connectivity index is 1.33. The highest BCUT2D eigenvalue weighted by Crippen LogP contribution is 2.27. The Morgan fingerprint density at radius 2 is 1.69 bits per heavy atom. The molecule has 0 fully saturated rings. The lowest BCUT2D eigenvalue weighted by atomic mass is 10.1. The van der Waals surface area contributed by atoms with Crippen LogP contribution in [0.15, 0.2) is 84.9 Å². The van der Waals surface area contributed by atoms with Crippen molar-refractivity contribution < 1.29 is 24.5 Å². The number of hydrogen-bond donors (Lipinski definition) is 4. The molecule has 0 saturated carbocycles. The van der Waals surface area contributed by atoms with Gasteiger partial charge in [-0.05, 0) is 48.4 Å². The molecule has 2 atom stereocenters. The number of benzene rings is 3. The molecular weight excluding hydrogens is 458 g/mol. The number of amides is 1. The fraction of sp³-hybridized carbons (Fsp3) is 0.214. The maximum Gasteiger partial charge on any atom is 0.254 e. The van der Waals surface area contributed by atoms with E-state index in [4.69, 9.17) is 15.2 Å². The summed E-state index contributed by atoms with van der Waals surface area (Å²) < 4.78 is 11.4. The normalized spacial score (nSPS) is 12.7. The fourth-order valence-electron chi connectivity index (χ4n) is 3.71. The molecule has 0 unspecified atom stereocenters. The number of nitrogens with zero attached hydrogens (tertiary/aromatic N) is 1. The predicted molar refractivity (Wildman–Crippen MR) is 137 cm³/mol. The summed E-state index contributed by atoms with van der Waals surface area (Å²) in [7, 11) is 0. The van der Waals surface area contributed by atoms with Gasteiger partial charge in [0.1, 0.15) is 29.8 Å². The maximum atomic E-state index is 11.9. The molecule has 3 aromatic carbocycles. The van der Waals surface area contributed by atoms with E-state index in [9.17, 15) is 15.0 Å². The number of aliphatic hydroxyl groups is 2. The Labute approximate surface area is 209 Å². The number of para-hydroxylation sites is 2. The van der Waals surface area contributed by atoms with Crippen LogP contribution in [0, 0.1) is 0 Å². The third-order valence-corrected chi connectivity index (χ3v) is 5.62. The van der Waals surface area contributed by atoms with E-state index in [2.05, 4.69) is 10.3 Å². The molecule has 186 valence electrons. The van der Waals surface area contributed by atoms with Crippen molar-refractivity contribution in [3.05, 3.63) is 96.1 Å². The average Bonchev–Trinajstić information content (AvgIpc) is 2.91. The van der Waals surface area contributed by atoms with Crippen LogP contribution in [-0.4, -0.2) is 53.0 Å². The third kappa shape index (κ3) is 6.79. The summed E-state index contributed by atoms with van der Waals surface area (Å²) >= 11 is 0. The van der Waals surface area contributed by atoms with Crippen LogP contribution in [0.25, 0.3) is 10.9 Å². The van der Waals surface area contributed by atoms with Gasteiger partial charge in [0.15, 0.2) is 0 Å². The van der Waals surface area contributed by atoms with Crippen LogP contribution in [-0.2, 0) is 6.42 Å². The molecule has 1 heterocycles. The van der Waals surface area contributed by atoms with Gasteiger partial charge in [0.05, 0.1) is 12.1 Å². The number of primary amides is 1. The second kappa shape index (κ2) is 12.1. The first-order valence-electron chi connectivity index (χ1n) is 11.7. The SMILES string of the molecule is NC(=O)c1cc2ccccc2nc1Oc1ccc(C[C@@H](CO)NC[C@H](O)COc2ccccc2)cc1. The molecule has 0 saturated heterocycles. The quantitative estimate of drug-likeness (QED) is 0.242. The number of nitrogens with one attached hydrogen (secondary N) is 1. The van der Waals surface area contributed by atoms with Gasteiger partial charge in [0.25, 0.3) is 5.91 Å². The van der Waals surface area contributed by atoms with E-state index in [1.54, 1.807) is 18.2 Å². The number of pyridine rings is 1. The molecule has 4 rings (SSSR count). The van der Waals surface area contributed by atoms with E-state index < -0.39 is 12.0 Å². The summed E-state index contributed by atoms with van der Waals surface area (Å²) in [4.78, 5) is 16.4. The van der Waals surface area contributed by atoms with Crippen molar-refractivity contribution in [2.45, 2.75) is 18.6 Å². The fourth-order valence-corrected chi connectivity index (χ4v) is 3.71. The van der Waals surface area contributed by atoms with Crippen molar-refractivity contribution in [3.8, 4) is 17.4 Å². The monoisotopic (exact) mass is 487 g/mol. The number of ether oxygens (including phenoxy) is 2. The number of hydrogen-bond acceptors (Lipinski definition) is 7. The van der Waals surface area contributed by atoms with E-state index >= 15 is 0 Å². The minimum atomic E-state index is -0.719. The largest absolute Gasteiger partial charge is 0.491 e. The van der Waals surface area contributed by atoms with Crippen LogP contribution in [0.2, 0.25) is 0 Å². The Kier molecular flexibility index (Phi) is 8.46. The number of rotatable bonds is 12. The first-order chi connectivity index (χ1) is 17.5. The molecule has 36 heavy (non-hydrogen) atoms. The zero-order chi connectivity index (χ0) is 25.3. The van der Waals surface area contributed by atoms with Gasteiger partial charge in [-0.3, -0.25) is 4.79 Å². The van der Waals surface area contributed by atoms with Gasteiger partial charge in [-0.25, -0.2) is 4.98 Å². The summed E-state index contributed by atoms with van der Waals surface area (Å²) in [6, 6.07) is 25.4. The molecule has 5 N–H and O–H groups in total. The molecule has 8 nitrogen and oxygen atoms in total. The van der Waals surface area contributed by atoms with Gasteiger partial charge in [-0.2, -0.15) is 0 Å². The minimum absolute atomic E-state index is 0.0898. The summed E-state index contributed by atoms with van der Waals surface area (Å²) in [5, 5.41) is 23.9. The van der Waals surface area contributed by atoms with Crippen LogP contribution in [0.3, 0.4) is 0 Å². The lowest BCUT2D eigenvalue weighted by Crippen LogP contribution is -2.41. The molecule has 4 aromatic rings. The minimum Gasteiger partial charge on any atom is -0.491 e. The van der Waals surface area contributed by atoms with Gasteiger partial charge >= 0.3 is 0 Å². The molecule has 0 aliphatic heterocycles. The standard InChI is InChI=1S/C28H29N3O5/c29-27(34)25-15-20-6-4-5-9-26(20)31-28(25)36-24-12-10-19(11-13-24)14-21(17-32)30-16-22(33)18-35-23-7-2-1-3-8-23/h1-13,15,21-22,30,32-33H,14,16-18H2,(H2,29,34)/t21-,22-/m0/s1. The van der Waals surface area contributed by atoms with Gasteiger partial charge < -0.3 is 30.7 Å². The molecule has 0 aliphatic rings. The molecule has 1 aromatic heterocycles. The number of carbonyl (C=O) groups excluding carboxylic acids is 1. The Morgan fingerprint density at radius 1 is 0.972 bits per heavy atom. The zero-order valence-corrected chi connectivity index (χ0v) is 19.7. The molecule has 0 radical (unpaired) electrons. The highest BCUT2D eigenvalue weighted by Gasteiger charge is 2.15. The number of carbonyl (C=O) groups is 1. The molecule has 0 aliphatic carbocycles. The summed E-state index contributed by atoms with van der Waals surface area (Å²) in [6.45, 7) is 0.341. The van der Waals surface area contributed by atoms with Crippen molar-refractivity contribution in [1.29, 1.82) is 0 Å². The Morgan fingerprint density at radius 3 is 2.42 bits per heavy atom. The Hall–Kier alpha value is -3.98. The second-order valence-corrected chi connectivity index (χ2v) is 8.41. The predicted octanol–water partition coefficient (Wildman–Crippen LogP) is 3.06. The molecule has 0 spiro atoms. The molecule has 1 amide bonds. The van der Waals surface area contributed by atoms with E-state index in [0.717, 1.165) is 10.9 Å². The van der Waals surface area contributed by atoms with Crippen molar-refractivity contribution >= 4 is 16.8 Å². The maximum absolute atomic E-state index is 11.9. The van der Waals surface area contributed by atoms with Crippen LogP contribution in [0.1, 0.15) is 15.9 Å². The van der Waals surface area contributed by atoms with Gasteiger partial charge in [0.2, 0.25) is 5.88 Å². The van der Waals surface area contributed by atoms with Crippen molar-refractivity contribution in [2.75, 3.05) is 19.8 Å². The lowest BCUT2D eigenvalue weighted by Gasteiger charge is -2.19. The summed E-state index contributed by atoms with van der Waals surface area (Å²) in [5.41, 5.74) is 7.40. The number of aromatic nitrogens is 1.